The molecule has 4 heterocycles. The average Bonchev–Trinajstić information content (AvgIpc) is 3.79. The molecule has 3 amide bonds. The molecule has 6 rings (SSSR count). The number of likely N-dealkylation sites (tertiary alicyclic amines) is 1. The zero-order valence-corrected chi connectivity index (χ0v) is 25.5. The number of nitrogens with zero attached hydrogens (tertiary/aromatic N) is 6. The minimum Gasteiger partial charge on any atom is -0.396 e. The summed E-state index contributed by atoms with van der Waals surface area (Å²) in [6.45, 7) is 8.85. The highest BCUT2D eigenvalue weighted by molar-refractivity contribution is 8.02. The summed E-state index contributed by atoms with van der Waals surface area (Å²) in [5.41, 5.74) is 2.29. The molecule has 0 radical (unpaired) electrons. The van der Waals surface area contributed by atoms with Crippen LogP contribution in [0.3, 0.4) is 0 Å². The first-order valence-corrected chi connectivity index (χ1v) is 16.1. The Hall–Kier alpha value is -3.96. The van der Waals surface area contributed by atoms with Gasteiger partial charge in [0.2, 0.25) is 17.7 Å². The summed E-state index contributed by atoms with van der Waals surface area (Å²) >= 11 is 1.65. The summed E-state index contributed by atoms with van der Waals surface area (Å²) in [7, 11) is 0. The molecule has 0 aliphatic carbocycles. The topological polar surface area (TPSA) is 112 Å². The smallest absolute Gasteiger partial charge is 0.248 e. The van der Waals surface area contributed by atoms with Gasteiger partial charge in [0.15, 0.2) is 0 Å². The molecule has 0 saturated carbocycles. The maximum absolute atomic E-state index is 14.7. The van der Waals surface area contributed by atoms with Gasteiger partial charge in [-0.25, -0.2) is 4.68 Å². The molecule has 44 heavy (non-hydrogen) atoms. The molecule has 2 unspecified atom stereocenters. The summed E-state index contributed by atoms with van der Waals surface area (Å²) in [6, 6.07) is 16.3. The zero-order valence-electron chi connectivity index (χ0n) is 24.7. The fourth-order valence-electron chi connectivity index (χ4n) is 7.32. The quantitative estimate of drug-likeness (QED) is 0.232. The first-order valence-electron chi connectivity index (χ1n) is 15.2. The van der Waals surface area contributed by atoms with Crippen LogP contribution in [-0.4, -0.2) is 89.9 Å². The minimum absolute atomic E-state index is 0.00268. The fourth-order valence-corrected chi connectivity index (χ4v) is 9.52. The molecule has 3 aliphatic rings. The monoisotopic (exact) mass is 614 g/mol. The van der Waals surface area contributed by atoms with E-state index in [1.165, 1.54) is 0 Å². The number of carbonyl (C=O) groups is 3. The van der Waals surface area contributed by atoms with E-state index in [1.54, 1.807) is 43.3 Å². The molecule has 1 spiro atoms. The van der Waals surface area contributed by atoms with Crippen molar-refractivity contribution in [3.8, 4) is 0 Å². The van der Waals surface area contributed by atoms with Crippen LogP contribution in [0.4, 0.5) is 5.69 Å². The fraction of sp³-hybridized carbons (Fsp3) is 0.424. The number of aromatic nitrogens is 3. The Balaban J connectivity index is 1.36. The standard InChI is InChI=1S/C33H38N6O4S/c1-3-18-36(22-39-25-15-9-8-14-24(25)34-35-39)32(43)29-33-17-16-26(44-33)27(28(33)31(42)38(29)20-10-11-21-40)30(41)37(19-4-2)23-12-6-5-7-13-23/h3-9,12-15,26-29,40H,1-2,10-11,16-22H2/t26-,27+,28-,29?,33?/m0/s1. The number of aliphatic hydroxyl groups excluding tert-OH is 1. The lowest BCUT2D eigenvalue weighted by atomic mass is 9.70. The van der Waals surface area contributed by atoms with E-state index in [0.29, 0.717) is 32.4 Å². The van der Waals surface area contributed by atoms with Gasteiger partial charge in [0.05, 0.1) is 22.1 Å². The molecule has 3 aromatic rings. The van der Waals surface area contributed by atoms with E-state index < -0.39 is 22.6 Å². The summed E-state index contributed by atoms with van der Waals surface area (Å²) in [5, 5.41) is 18.0. The SMILES string of the molecule is C=CCN(Cn1nnc2ccccc21)C(=O)C1N(CCCCO)C(=O)[C@@H]2[C@H](C(=O)N(CC=C)c3ccccc3)[C@@H]3CCC12S3. The van der Waals surface area contributed by atoms with E-state index in [4.69, 9.17) is 0 Å². The van der Waals surface area contributed by atoms with Crippen LogP contribution in [0.25, 0.3) is 11.0 Å². The summed E-state index contributed by atoms with van der Waals surface area (Å²) in [5.74, 6) is -1.60. The van der Waals surface area contributed by atoms with E-state index in [0.717, 1.165) is 23.1 Å². The van der Waals surface area contributed by atoms with Gasteiger partial charge in [-0.15, -0.1) is 30.0 Å². The van der Waals surface area contributed by atoms with E-state index >= 15 is 0 Å². The van der Waals surface area contributed by atoms with Crippen LogP contribution in [0.2, 0.25) is 0 Å². The van der Waals surface area contributed by atoms with Crippen molar-refractivity contribution in [3.63, 3.8) is 0 Å². The summed E-state index contributed by atoms with van der Waals surface area (Å²) in [6.07, 6.45) is 5.89. The Bertz CT molecular complexity index is 1560. The largest absolute Gasteiger partial charge is 0.396 e. The number of amides is 3. The molecule has 230 valence electrons. The van der Waals surface area contributed by atoms with Crippen LogP contribution in [-0.2, 0) is 21.1 Å². The second-order valence-corrected chi connectivity index (χ2v) is 13.3. The van der Waals surface area contributed by atoms with Crippen molar-refractivity contribution in [2.24, 2.45) is 11.8 Å². The van der Waals surface area contributed by atoms with Gasteiger partial charge in [0.25, 0.3) is 0 Å². The van der Waals surface area contributed by atoms with Gasteiger partial charge in [-0.2, -0.15) is 0 Å². The van der Waals surface area contributed by atoms with E-state index in [9.17, 15) is 19.5 Å². The number of fused-ring (bicyclic) bond motifs is 2. The lowest BCUT2D eigenvalue weighted by Crippen LogP contribution is -2.55. The maximum Gasteiger partial charge on any atom is 0.248 e. The van der Waals surface area contributed by atoms with E-state index in [-0.39, 0.29) is 42.8 Å². The van der Waals surface area contributed by atoms with Crippen LogP contribution in [0, 0.1) is 11.8 Å². The molecular formula is C33H38N6O4S. The third-order valence-corrected chi connectivity index (χ3v) is 11.1. The summed E-state index contributed by atoms with van der Waals surface area (Å²) < 4.78 is 0.968. The molecule has 5 atom stereocenters. The highest BCUT2D eigenvalue weighted by Gasteiger charge is 2.74. The molecule has 10 nitrogen and oxygen atoms in total. The number of para-hydroxylation sites is 2. The maximum atomic E-state index is 14.7. The van der Waals surface area contributed by atoms with Gasteiger partial charge in [-0.3, -0.25) is 14.4 Å². The van der Waals surface area contributed by atoms with E-state index in [1.807, 2.05) is 54.6 Å². The average molecular weight is 615 g/mol. The van der Waals surface area contributed by atoms with Crippen LogP contribution in [0.1, 0.15) is 25.7 Å². The number of rotatable bonds is 13. The van der Waals surface area contributed by atoms with Crippen LogP contribution in [0.15, 0.2) is 79.9 Å². The highest BCUT2D eigenvalue weighted by atomic mass is 32.2. The number of hydrogen-bond donors (Lipinski definition) is 1. The van der Waals surface area contributed by atoms with Gasteiger partial charge in [0.1, 0.15) is 18.2 Å². The zero-order chi connectivity index (χ0) is 30.8. The molecule has 3 fully saturated rings. The first kappa shape index (κ1) is 30.1. The number of thioether (sulfide) groups is 1. The van der Waals surface area contributed by atoms with Gasteiger partial charge in [0, 0.05) is 37.2 Å². The first-order chi connectivity index (χ1) is 21.4. The molecular weight excluding hydrogens is 576 g/mol. The second-order valence-electron chi connectivity index (χ2n) is 11.7. The predicted molar refractivity (Wildman–Crippen MR) is 171 cm³/mol. The van der Waals surface area contributed by atoms with Gasteiger partial charge < -0.3 is 19.8 Å². The molecule has 2 bridgehead atoms. The Labute approximate surface area is 261 Å². The van der Waals surface area contributed by atoms with Gasteiger partial charge >= 0.3 is 0 Å². The lowest BCUT2D eigenvalue weighted by Gasteiger charge is -2.37. The normalized spacial score (nSPS) is 25.3. The number of benzene rings is 2. The molecule has 2 aromatic carbocycles. The number of aliphatic hydroxyl groups is 1. The Morgan fingerprint density at radius 2 is 1.80 bits per heavy atom. The molecule has 3 saturated heterocycles. The highest BCUT2D eigenvalue weighted by Crippen LogP contribution is 2.66. The van der Waals surface area contributed by atoms with Gasteiger partial charge in [-0.05, 0) is 49.9 Å². The van der Waals surface area contributed by atoms with Crippen molar-refractivity contribution in [1.29, 1.82) is 0 Å². The second kappa shape index (κ2) is 12.6. The summed E-state index contributed by atoms with van der Waals surface area (Å²) in [4.78, 5) is 48.6. The number of anilines is 1. The van der Waals surface area contributed by atoms with Crippen molar-refractivity contribution >= 4 is 46.2 Å². The van der Waals surface area contributed by atoms with Crippen molar-refractivity contribution in [3.05, 3.63) is 79.9 Å². The van der Waals surface area contributed by atoms with Crippen molar-refractivity contribution in [1.82, 2.24) is 24.8 Å². The molecule has 1 aromatic heterocycles. The number of unbranched alkanes of at least 4 members (excludes halogenated alkanes) is 1. The van der Waals surface area contributed by atoms with Crippen LogP contribution >= 0.6 is 11.8 Å². The van der Waals surface area contributed by atoms with Crippen molar-refractivity contribution in [2.75, 3.05) is 31.1 Å². The third-order valence-electron chi connectivity index (χ3n) is 9.16. The van der Waals surface area contributed by atoms with Crippen LogP contribution < -0.4 is 4.90 Å². The molecule has 11 heteroatoms. The van der Waals surface area contributed by atoms with Crippen LogP contribution in [0.5, 0.6) is 0 Å². The van der Waals surface area contributed by atoms with Crippen molar-refractivity contribution < 1.29 is 19.5 Å². The predicted octanol–water partition coefficient (Wildman–Crippen LogP) is 3.49. The number of carbonyl (C=O) groups excluding carboxylic acids is 3. The Morgan fingerprint density at radius 3 is 2.55 bits per heavy atom. The van der Waals surface area contributed by atoms with Crippen molar-refractivity contribution in [2.45, 2.75) is 48.4 Å². The third kappa shape index (κ3) is 5.01. The molecule has 1 N–H and O–H groups in total. The Kier molecular flexibility index (Phi) is 8.59. The van der Waals surface area contributed by atoms with Gasteiger partial charge in [-0.1, -0.05) is 47.7 Å². The lowest BCUT2D eigenvalue weighted by molar-refractivity contribution is -0.143. The molecule has 3 aliphatic heterocycles. The van der Waals surface area contributed by atoms with E-state index in [2.05, 4.69) is 23.5 Å². The number of hydrogen-bond acceptors (Lipinski definition) is 7. The minimum atomic E-state index is -0.745. The Morgan fingerprint density at radius 1 is 1.05 bits per heavy atom.